The highest BCUT2D eigenvalue weighted by atomic mass is 79.9. The molecule has 4 nitrogen and oxygen atoms in total. The van der Waals surface area contributed by atoms with Gasteiger partial charge in [-0.2, -0.15) is 0 Å². The zero-order chi connectivity index (χ0) is 13.2. The first-order chi connectivity index (χ1) is 9.28. The topological polar surface area (TPSA) is 39.9 Å². The minimum absolute atomic E-state index is 0.412. The maximum atomic E-state index is 5.99. The van der Waals surface area contributed by atoms with Crippen LogP contribution in [0.3, 0.4) is 0 Å². The van der Waals surface area contributed by atoms with Gasteiger partial charge in [0.05, 0.1) is 5.88 Å². The zero-order valence-electron chi connectivity index (χ0n) is 10.5. The summed E-state index contributed by atoms with van der Waals surface area (Å²) in [5.41, 5.74) is 1.81. The second-order valence-corrected chi connectivity index (χ2v) is 6.01. The number of ether oxygens (including phenoxy) is 1. The van der Waals surface area contributed by atoms with Crippen molar-refractivity contribution in [2.45, 2.75) is 25.3 Å². The molecule has 2 aromatic rings. The van der Waals surface area contributed by atoms with E-state index in [-0.39, 0.29) is 0 Å². The molecular weight excluding hydrogens is 330 g/mol. The molecule has 1 atom stereocenters. The molecule has 1 fully saturated rings. The Morgan fingerprint density at radius 1 is 1.53 bits per heavy atom. The number of halogens is 2. The van der Waals surface area contributed by atoms with E-state index in [4.69, 9.17) is 16.3 Å². The first-order valence-corrected chi connectivity index (χ1v) is 7.75. The van der Waals surface area contributed by atoms with Gasteiger partial charge in [-0.15, -0.1) is 11.6 Å². The monoisotopic (exact) mass is 343 g/mol. The van der Waals surface area contributed by atoms with Crippen LogP contribution in [0.1, 0.15) is 18.7 Å². The van der Waals surface area contributed by atoms with Gasteiger partial charge >= 0.3 is 0 Å². The SMILES string of the molecule is ClCc1nc2cc(Br)cnc2n1CCC1CCOC1. The number of pyridine rings is 1. The van der Waals surface area contributed by atoms with Crippen LogP contribution in [0.2, 0.25) is 0 Å². The lowest BCUT2D eigenvalue weighted by molar-refractivity contribution is 0.183. The van der Waals surface area contributed by atoms with Crippen molar-refractivity contribution in [3.05, 3.63) is 22.6 Å². The molecule has 0 amide bonds. The lowest BCUT2D eigenvalue weighted by atomic mass is 10.1. The number of nitrogens with zero attached hydrogens (tertiary/aromatic N) is 3. The van der Waals surface area contributed by atoms with Gasteiger partial charge < -0.3 is 9.30 Å². The molecular formula is C13H15BrClN3O. The fraction of sp³-hybridized carbons (Fsp3) is 0.538. The van der Waals surface area contributed by atoms with Crippen molar-refractivity contribution in [3.8, 4) is 0 Å². The molecule has 1 unspecified atom stereocenters. The van der Waals surface area contributed by atoms with E-state index >= 15 is 0 Å². The predicted molar refractivity (Wildman–Crippen MR) is 78.3 cm³/mol. The molecule has 1 aliphatic heterocycles. The number of rotatable bonds is 4. The average molecular weight is 345 g/mol. The largest absolute Gasteiger partial charge is 0.381 e. The molecule has 3 rings (SSSR count). The standard InChI is InChI=1S/C13H15BrClN3O/c14-10-5-11-13(16-7-10)18(12(6-15)17-11)3-1-9-2-4-19-8-9/h5,7,9H,1-4,6,8H2. The molecule has 19 heavy (non-hydrogen) atoms. The Hall–Kier alpha value is -0.650. The van der Waals surface area contributed by atoms with Crippen molar-refractivity contribution in [1.29, 1.82) is 0 Å². The maximum absolute atomic E-state index is 5.99. The van der Waals surface area contributed by atoms with Crippen LogP contribution in [0.5, 0.6) is 0 Å². The average Bonchev–Trinajstić information content (AvgIpc) is 3.02. The van der Waals surface area contributed by atoms with E-state index in [9.17, 15) is 0 Å². The van der Waals surface area contributed by atoms with Crippen LogP contribution in [0.4, 0.5) is 0 Å². The molecule has 0 aliphatic carbocycles. The highest BCUT2D eigenvalue weighted by Crippen LogP contribution is 2.22. The van der Waals surface area contributed by atoms with Crippen molar-refractivity contribution in [1.82, 2.24) is 14.5 Å². The minimum Gasteiger partial charge on any atom is -0.381 e. The van der Waals surface area contributed by atoms with Crippen LogP contribution in [0, 0.1) is 5.92 Å². The van der Waals surface area contributed by atoms with E-state index in [0.717, 1.165) is 54.1 Å². The summed E-state index contributed by atoms with van der Waals surface area (Å²) in [7, 11) is 0. The van der Waals surface area contributed by atoms with E-state index in [1.54, 1.807) is 6.20 Å². The molecule has 0 N–H and O–H groups in total. The highest BCUT2D eigenvalue weighted by molar-refractivity contribution is 9.10. The van der Waals surface area contributed by atoms with Gasteiger partial charge in [-0.1, -0.05) is 0 Å². The molecule has 1 saturated heterocycles. The van der Waals surface area contributed by atoms with Gasteiger partial charge in [0.15, 0.2) is 5.65 Å². The van der Waals surface area contributed by atoms with E-state index in [0.29, 0.717) is 11.8 Å². The van der Waals surface area contributed by atoms with Gasteiger partial charge in [0.25, 0.3) is 0 Å². The van der Waals surface area contributed by atoms with Crippen molar-refractivity contribution in [2.24, 2.45) is 5.92 Å². The number of aromatic nitrogens is 3. The second-order valence-electron chi connectivity index (χ2n) is 4.83. The predicted octanol–water partition coefficient (Wildman–Crippen LogP) is 3.36. The van der Waals surface area contributed by atoms with E-state index < -0.39 is 0 Å². The molecule has 6 heteroatoms. The third-order valence-corrected chi connectivity index (χ3v) is 4.21. The van der Waals surface area contributed by atoms with Gasteiger partial charge in [-0.3, -0.25) is 0 Å². The van der Waals surface area contributed by atoms with E-state index in [1.807, 2.05) is 6.07 Å². The van der Waals surface area contributed by atoms with Crippen molar-refractivity contribution < 1.29 is 4.74 Å². The molecule has 102 valence electrons. The summed E-state index contributed by atoms with van der Waals surface area (Å²) in [6.07, 6.45) is 4.05. The summed E-state index contributed by atoms with van der Waals surface area (Å²) in [5, 5.41) is 0. The van der Waals surface area contributed by atoms with Crippen LogP contribution < -0.4 is 0 Å². The fourth-order valence-corrected chi connectivity index (χ4v) is 3.02. The van der Waals surface area contributed by atoms with Crippen molar-refractivity contribution in [3.63, 3.8) is 0 Å². The van der Waals surface area contributed by atoms with Crippen LogP contribution in [-0.4, -0.2) is 27.7 Å². The number of hydrogen-bond acceptors (Lipinski definition) is 3. The summed E-state index contributed by atoms with van der Waals surface area (Å²) < 4.78 is 8.49. The zero-order valence-corrected chi connectivity index (χ0v) is 12.8. The molecule has 2 aromatic heterocycles. The Morgan fingerprint density at radius 3 is 3.16 bits per heavy atom. The normalized spacial score (nSPS) is 19.4. The van der Waals surface area contributed by atoms with Crippen LogP contribution in [0.25, 0.3) is 11.2 Å². The molecule has 0 bridgehead atoms. The van der Waals surface area contributed by atoms with Gasteiger partial charge in [-0.05, 0) is 40.8 Å². The molecule has 1 aliphatic rings. The van der Waals surface area contributed by atoms with Crippen LogP contribution in [0.15, 0.2) is 16.7 Å². The smallest absolute Gasteiger partial charge is 0.160 e. The van der Waals surface area contributed by atoms with Crippen molar-refractivity contribution in [2.75, 3.05) is 13.2 Å². The highest BCUT2D eigenvalue weighted by Gasteiger charge is 2.17. The lowest BCUT2D eigenvalue weighted by Crippen LogP contribution is -2.09. The Kier molecular flexibility index (Phi) is 4.05. The first kappa shape index (κ1) is 13.3. The number of imidazole rings is 1. The van der Waals surface area contributed by atoms with Gasteiger partial charge in [0, 0.05) is 30.4 Å². The van der Waals surface area contributed by atoms with E-state index in [1.165, 1.54) is 0 Å². The maximum Gasteiger partial charge on any atom is 0.160 e. The quantitative estimate of drug-likeness (QED) is 0.799. The molecule has 0 saturated carbocycles. The number of alkyl halides is 1. The third kappa shape index (κ3) is 2.78. The van der Waals surface area contributed by atoms with Crippen LogP contribution >= 0.6 is 27.5 Å². The molecule has 0 aromatic carbocycles. The first-order valence-electron chi connectivity index (χ1n) is 6.42. The van der Waals surface area contributed by atoms with Gasteiger partial charge in [-0.25, -0.2) is 9.97 Å². The van der Waals surface area contributed by atoms with Crippen molar-refractivity contribution >= 4 is 38.7 Å². The summed E-state index contributed by atoms with van der Waals surface area (Å²) in [6.45, 7) is 2.67. The summed E-state index contributed by atoms with van der Waals surface area (Å²) >= 11 is 9.41. The summed E-state index contributed by atoms with van der Waals surface area (Å²) in [4.78, 5) is 9.00. The lowest BCUT2D eigenvalue weighted by Gasteiger charge is -2.10. The number of fused-ring (bicyclic) bond motifs is 1. The van der Waals surface area contributed by atoms with Gasteiger partial charge in [0.2, 0.25) is 0 Å². The Labute approximate surface area is 125 Å². The summed E-state index contributed by atoms with van der Waals surface area (Å²) in [5.74, 6) is 1.95. The second kappa shape index (κ2) is 5.77. The molecule has 0 spiro atoms. The van der Waals surface area contributed by atoms with E-state index in [2.05, 4.69) is 30.5 Å². The molecule has 0 radical (unpaired) electrons. The minimum atomic E-state index is 0.412. The molecule has 3 heterocycles. The number of aryl methyl sites for hydroxylation is 1. The number of hydrogen-bond donors (Lipinski definition) is 0. The third-order valence-electron chi connectivity index (χ3n) is 3.54. The Morgan fingerprint density at radius 2 is 2.42 bits per heavy atom. The summed E-state index contributed by atoms with van der Waals surface area (Å²) in [6, 6.07) is 1.98. The van der Waals surface area contributed by atoms with Gasteiger partial charge in [0.1, 0.15) is 11.3 Å². The van der Waals surface area contributed by atoms with Crippen LogP contribution in [-0.2, 0) is 17.2 Å². The Bertz CT molecular complexity index is 581. The Balaban J connectivity index is 1.87. The fourth-order valence-electron chi connectivity index (χ4n) is 2.49.